The molecule has 0 unspecified atom stereocenters. The Hall–Kier alpha value is -3.48. The second-order valence-corrected chi connectivity index (χ2v) is 5.67. The number of hydrogen-bond donors (Lipinski definition) is 1. The van der Waals surface area contributed by atoms with Gasteiger partial charge in [0.15, 0.2) is 11.3 Å². The lowest BCUT2D eigenvalue weighted by molar-refractivity contribution is 0.0997. The number of hydrogen-bond acceptors (Lipinski definition) is 5. The van der Waals surface area contributed by atoms with Gasteiger partial charge in [0.1, 0.15) is 11.8 Å². The van der Waals surface area contributed by atoms with Crippen molar-refractivity contribution in [1.29, 1.82) is 0 Å². The number of fused-ring (bicyclic) bond motifs is 1. The highest BCUT2D eigenvalue weighted by Gasteiger charge is 2.16. The average molecular weight is 333 g/mol. The zero-order valence-corrected chi connectivity index (χ0v) is 13.5. The molecule has 0 atom stereocenters. The number of rotatable bonds is 4. The van der Waals surface area contributed by atoms with E-state index in [1.54, 1.807) is 23.0 Å². The minimum atomic E-state index is -0.391. The van der Waals surface area contributed by atoms with Crippen molar-refractivity contribution in [3.05, 3.63) is 71.9 Å². The van der Waals surface area contributed by atoms with Crippen molar-refractivity contribution in [2.24, 2.45) is 0 Å². The maximum atomic E-state index is 12.5. The number of benzene rings is 1. The zero-order valence-electron chi connectivity index (χ0n) is 13.5. The van der Waals surface area contributed by atoms with Crippen molar-refractivity contribution < 1.29 is 9.21 Å². The summed E-state index contributed by atoms with van der Waals surface area (Å²) >= 11 is 0. The Morgan fingerprint density at radius 1 is 1.20 bits per heavy atom. The molecule has 0 aliphatic heterocycles. The lowest BCUT2D eigenvalue weighted by Crippen LogP contribution is -2.15. The van der Waals surface area contributed by atoms with Gasteiger partial charge in [0, 0.05) is 11.8 Å². The summed E-state index contributed by atoms with van der Waals surface area (Å²) in [6, 6.07) is 15.1. The molecular formula is C18H15N5O2. The van der Waals surface area contributed by atoms with Crippen LogP contribution in [0.4, 0.5) is 5.95 Å². The molecule has 0 spiro atoms. The minimum Gasteiger partial charge on any atom is -0.449 e. The first kappa shape index (κ1) is 15.1. The predicted octanol–water partition coefficient (Wildman–Crippen LogP) is 3.03. The topological polar surface area (TPSA) is 85.8 Å². The molecule has 0 saturated heterocycles. The fourth-order valence-corrected chi connectivity index (χ4v) is 2.55. The normalized spacial score (nSPS) is 10.9. The van der Waals surface area contributed by atoms with Crippen molar-refractivity contribution in [3.8, 4) is 0 Å². The van der Waals surface area contributed by atoms with E-state index in [0.29, 0.717) is 23.6 Å². The van der Waals surface area contributed by atoms with Crippen LogP contribution in [0.5, 0.6) is 0 Å². The summed E-state index contributed by atoms with van der Waals surface area (Å²) in [7, 11) is 0. The summed E-state index contributed by atoms with van der Waals surface area (Å²) in [5.74, 6) is 0.152. The SMILES string of the molecule is Cc1ccc2oc(C(=O)Nc3nncn3Cc3ccccc3)cc2n1. The van der Waals surface area contributed by atoms with Crippen LogP contribution in [0.1, 0.15) is 21.8 Å². The molecule has 4 aromatic rings. The van der Waals surface area contributed by atoms with E-state index >= 15 is 0 Å². The van der Waals surface area contributed by atoms with E-state index in [-0.39, 0.29) is 5.76 Å². The van der Waals surface area contributed by atoms with Crippen molar-refractivity contribution in [2.75, 3.05) is 5.32 Å². The van der Waals surface area contributed by atoms with Gasteiger partial charge in [0.2, 0.25) is 5.95 Å². The molecule has 0 saturated carbocycles. The average Bonchev–Trinajstić information content (AvgIpc) is 3.22. The zero-order chi connectivity index (χ0) is 17.2. The number of pyridine rings is 1. The molecule has 25 heavy (non-hydrogen) atoms. The molecule has 0 aliphatic rings. The van der Waals surface area contributed by atoms with E-state index < -0.39 is 5.91 Å². The molecule has 0 radical (unpaired) electrons. The number of amides is 1. The maximum Gasteiger partial charge on any atom is 0.293 e. The van der Waals surface area contributed by atoms with E-state index in [9.17, 15) is 4.79 Å². The minimum absolute atomic E-state index is 0.183. The lowest BCUT2D eigenvalue weighted by Gasteiger charge is -2.06. The number of aryl methyl sites for hydroxylation is 1. The number of carbonyl (C=O) groups excluding carboxylic acids is 1. The van der Waals surface area contributed by atoms with Gasteiger partial charge in [0.05, 0.1) is 6.54 Å². The van der Waals surface area contributed by atoms with Gasteiger partial charge in [-0.3, -0.25) is 14.7 Å². The molecule has 0 fully saturated rings. The van der Waals surface area contributed by atoms with Gasteiger partial charge in [-0.2, -0.15) is 0 Å². The molecule has 0 aliphatic carbocycles. The van der Waals surface area contributed by atoms with Gasteiger partial charge in [-0.05, 0) is 24.6 Å². The lowest BCUT2D eigenvalue weighted by atomic mass is 10.2. The summed E-state index contributed by atoms with van der Waals surface area (Å²) in [4.78, 5) is 16.8. The van der Waals surface area contributed by atoms with E-state index in [1.165, 1.54) is 0 Å². The molecule has 7 nitrogen and oxygen atoms in total. The van der Waals surface area contributed by atoms with Crippen molar-refractivity contribution in [2.45, 2.75) is 13.5 Å². The Morgan fingerprint density at radius 2 is 2.04 bits per heavy atom. The van der Waals surface area contributed by atoms with Gasteiger partial charge < -0.3 is 4.42 Å². The highest BCUT2D eigenvalue weighted by atomic mass is 16.3. The number of nitrogens with zero attached hydrogens (tertiary/aromatic N) is 4. The molecule has 3 heterocycles. The van der Waals surface area contributed by atoms with Crippen LogP contribution in [-0.4, -0.2) is 25.7 Å². The van der Waals surface area contributed by atoms with Gasteiger partial charge >= 0.3 is 0 Å². The second kappa shape index (κ2) is 6.20. The molecule has 7 heteroatoms. The Bertz CT molecular complexity index is 1040. The number of aromatic nitrogens is 4. The molecule has 4 rings (SSSR count). The van der Waals surface area contributed by atoms with Crippen molar-refractivity contribution >= 4 is 23.0 Å². The summed E-state index contributed by atoms with van der Waals surface area (Å²) in [5, 5.41) is 10.6. The van der Waals surface area contributed by atoms with Crippen LogP contribution in [0, 0.1) is 6.92 Å². The Kier molecular flexibility index (Phi) is 3.74. The second-order valence-electron chi connectivity index (χ2n) is 5.67. The van der Waals surface area contributed by atoms with Crippen molar-refractivity contribution in [1.82, 2.24) is 19.7 Å². The number of nitrogens with one attached hydrogen (secondary N) is 1. The monoisotopic (exact) mass is 333 g/mol. The Morgan fingerprint density at radius 3 is 2.88 bits per heavy atom. The fourth-order valence-electron chi connectivity index (χ4n) is 2.55. The summed E-state index contributed by atoms with van der Waals surface area (Å²) in [5.41, 5.74) is 3.17. The molecule has 1 N–H and O–H groups in total. The van der Waals surface area contributed by atoms with Gasteiger partial charge in [-0.25, -0.2) is 4.98 Å². The first-order chi connectivity index (χ1) is 12.2. The Labute approximate surface area is 143 Å². The highest BCUT2D eigenvalue weighted by Crippen LogP contribution is 2.19. The first-order valence-electron chi connectivity index (χ1n) is 7.79. The van der Waals surface area contributed by atoms with Gasteiger partial charge in [-0.1, -0.05) is 30.3 Å². The summed E-state index contributed by atoms with van der Waals surface area (Å²) in [6.07, 6.45) is 1.58. The molecule has 1 aromatic carbocycles. The molecule has 124 valence electrons. The third-order valence-electron chi connectivity index (χ3n) is 3.77. The quantitative estimate of drug-likeness (QED) is 0.620. The van der Waals surface area contributed by atoms with Crippen LogP contribution in [0.3, 0.4) is 0 Å². The number of anilines is 1. The van der Waals surface area contributed by atoms with Gasteiger partial charge in [0.25, 0.3) is 5.91 Å². The first-order valence-corrected chi connectivity index (χ1v) is 7.79. The molecule has 0 bridgehead atoms. The molecule has 3 aromatic heterocycles. The maximum absolute atomic E-state index is 12.5. The molecule has 1 amide bonds. The van der Waals surface area contributed by atoms with Gasteiger partial charge in [-0.15, -0.1) is 10.2 Å². The number of carbonyl (C=O) groups is 1. The van der Waals surface area contributed by atoms with E-state index in [1.807, 2.05) is 43.3 Å². The molecular weight excluding hydrogens is 318 g/mol. The van der Waals surface area contributed by atoms with Crippen LogP contribution in [0.2, 0.25) is 0 Å². The van der Waals surface area contributed by atoms with E-state index in [2.05, 4.69) is 20.5 Å². The van der Waals surface area contributed by atoms with Crippen LogP contribution in [0.15, 0.2) is 59.3 Å². The highest BCUT2D eigenvalue weighted by molar-refractivity contribution is 6.03. The third kappa shape index (κ3) is 3.12. The predicted molar refractivity (Wildman–Crippen MR) is 92.3 cm³/mol. The van der Waals surface area contributed by atoms with Crippen LogP contribution < -0.4 is 5.32 Å². The summed E-state index contributed by atoms with van der Waals surface area (Å²) < 4.78 is 7.32. The van der Waals surface area contributed by atoms with Crippen LogP contribution in [0.25, 0.3) is 11.1 Å². The van der Waals surface area contributed by atoms with Crippen molar-refractivity contribution in [3.63, 3.8) is 0 Å². The van der Waals surface area contributed by atoms with E-state index in [0.717, 1.165) is 11.3 Å². The van der Waals surface area contributed by atoms with Crippen LogP contribution >= 0.6 is 0 Å². The summed E-state index contributed by atoms with van der Waals surface area (Å²) in [6.45, 7) is 2.45. The number of furan rings is 1. The third-order valence-corrected chi connectivity index (χ3v) is 3.77. The smallest absolute Gasteiger partial charge is 0.293 e. The fraction of sp³-hybridized carbons (Fsp3) is 0.111. The Balaban J connectivity index is 1.55. The largest absolute Gasteiger partial charge is 0.449 e. The van der Waals surface area contributed by atoms with E-state index in [4.69, 9.17) is 4.42 Å². The van der Waals surface area contributed by atoms with Crippen LogP contribution in [-0.2, 0) is 6.54 Å². The standard InChI is InChI=1S/C18H15N5O2/c1-12-7-8-15-14(20-12)9-16(25-15)17(24)21-18-22-19-11-23(18)10-13-5-3-2-4-6-13/h2-9,11H,10H2,1H3,(H,21,22,24).